The van der Waals surface area contributed by atoms with Crippen molar-refractivity contribution < 1.29 is 0 Å². The summed E-state index contributed by atoms with van der Waals surface area (Å²) in [6, 6.07) is 10.8. The summed E-state index contributed by atoms with van der Waals surface area (Å²) in [5.74, 6) is 0. The Bertz CT molecular complexity index is 284. The molecule has 0 heterocycles. The van der Waals surface area contributed by atoms with E-state index in [2.05, 4.69) is 60.1 Å². The Morgan fingerprint density at radius 3 is 2.33 bits per heavy atom. The molecule has 1 aromatic carbocycles. The van der Waals surface area contributed by atoms with Gasteiger partial charge in [-0.15, -0.1) is 11.8 Å². The van der Waals surface area contributed by atoms with Gasteiger partial charge in [0.1, 0.15) is 0 Å². The number of thioether (sulfide) groups is 2. The molecule has 0 saturated heterocycles. The summed E-state index contributed by atoms with van der Waals surface area (Å²) in [7, 11) is 0. The Kier molecular flexibility index (Phi) is 4.45. The van der Waals surface area contributed by atoms with Gasteiger partial charge < -0.3 is 0 Å². The van der Waals surface area contributed by atoms with Crippen molar-refractivity contribution in [1.82, 2.24) is 0 Å². The van der Waals surface area contributed by atoms with Gasteiger partial charge in [0.15, 0.2) is 0 Å². The van der Waals surface area contributed by atoms with Crippen LogP contribution in [-0.4, -0.2) is 16.8 Å². The first-order valence-corrected chi connectivity index (χ1v) is 7.81. The lowest BCUT2D eigenvalue weighted by atomic mass is 10.00. The zero-order valence-corrected chi connectivity index (χ0v) is 10.8. The molecule has 2 atom stereocenters. The van der Waals surface area contributed by atoms with Crippen LogP contribution in [0.2, 0.25) is 0 Å². The third-order valence-electron chi connectivity index (χ3n) is 2.98. The highest BCUT2D eigenvalue weighted by atomic mass is 32.2. The largest absolute Gasteiger partial charge is 0.161 e. The van der Waals surface area contributed by atoms with Crippen LogP contribution in [0.5, 0.6) is 0 Å². The normalized spacial score (nSPS) is 26.5. The monoisotopic (exact) mass is 238 g/mol. The maximum Gasteiger partial charge on any atom is 0.0213 e. The molecular formula is C13H18S2. The van der Waals surface area contributed by atoms with Crippen LogP contribution in [0, 0.1) is 0 Å². The van der Waals surface area contributed by atoms with E-state index in [1.165, 1.54) is 30.6 Å². The van der Waals surface area contributed by atoms with Crippen LogP contribution in [0.3, 0.4) is 0 Å². The molecule has 0 bridgehead atoms. The summed E-state index contributed by atoms with van der Waals surface area (Å²) in [5, 5.41) is 1.69. The molecule has 1 saturated carbocycles. The SMILES string of the molecule is CSC1CCCCC1Sc1ccccc1. The fraction of sp³-hybridized carbons (Fsp3) is 0.538. The van der Waals surface area contributed by atoms with Crippen molar-refractivity contribution in [2.75, 3.05) is 6.26 Å². The predicted octanol–water partition coefficient (Wildman–Crippen LogP) is 4.45. The van der Waals surface area contributed by atoms with Crippen molar-refractivity contribution in [3.63, 3.8) is 0 Å². The summed E-state index contributed by atoms with van der Waals surface area (Å²) < 4.78 is 0. The highest BCUT2D eigenvalue weighted by molar-refractivity contribution is 8.03. The van der Waals surface area contributed by atoms with Gasteiger partial charge in [0.05, 0.1) is 0 Å². The lowest BCUT2D eigenvalue weighted by Crippen LogP contribution is -2.23. The molecule has 2 unspecified atom stereocenters. The molecule has 0 spiro atoms. The van der Waals surface area contributed by atoms with E-state index in [9.17, 15) is 0 Å². The Morgan fingerprint density at radius 2 is 1.67 bits per heavy atom. The van der Waals surface area contributed by atoms with Gasteiger partial charge in [0.25, 0.3) is 0 Å². The smallest absolute Gasteiger partial charge is 0.0213 e. The van der Waals surface area contributed by atoms with E-state index < -0.39 is 0 Å². The van der Waals surface area contributed by atoms with Crippen LogP contribution in [0.15, 0.2) is 35.2 Å². The minimum atomic E-state index is 0.830. The molecule has 0 aliphatic heterocycles. The summed E-state index contributed by atoms with van der Waals surface area (Å²) in [6.45, 7) is 0. The average Bonchev–Trinajstić information content (AvgIpc) is 2.31. The second-order valence-electron chi connectivity index (χ2n) is 4.03. The van der Waals surface area contributed by atoms with Crippen molar-refractivity contribution in [2.24, 2.45) is 0 Å². The second kappa shape index (κ2) is 5.86. The molecule has 1 aliphatic rings. The van der Waals surface area contributed by atoms with Gasteiger partial charge in [-0.1, -0.05) is 31.0 Å². The Labute approximate surface area is 101 Å². The number of rotatable bonds is 3. The maximum atomic E-state index is 2.26. The zero-order chi connectivity index (χ0) is 10.5. The van der Waals surface area contributed by atoms with Gasteiger partial charge in [0.2, 0.25) is 0 Å². The van der Waals surface area contributed by atoms with E-state index >= 15 is 0 Å². The molecule has 0 amide bonds. The van der Waals surface area contributed by atoms with Gasteiger partial charge in [-0.05, 0) is 31.2 Å². The van der Waals surface area contributed by atoms with Crippen LogP contribution in [-0.2, 0) is 0 Å². The van der Waals surface area contributed by atoms with E-state index in [0.717, 1.165) is 10.5 Å². The van der Waals surface area contributed by atoms with Gasteiger partial charge in [-0.25, -0.2) is 0 Å². The first-order chi connectivity index (χ1) is 7.40. The third-order valence-corrected chi connectivity index (χ3v) is 5.73. The Hall–Kier alpha value is -0.0800. The van der Waals surface area contributed by atoms with Crippen molar-refractivity contribution in [1.29, 1.82) is 0 Å². The van der Waals surface area contributed by atoms with E-state index in [0.29, 0.717) is 0 Å². The maximum absolute atomic E-state index is 2.26. The van der Waals surface area contributed by atoms with E-state index in [-0.39, 0.29) is 0 Å². The van der Waals surface area contributed by atoms with Crippen LogP contribution in [0.25, 0.3) is 0 Å². The zero-order valence-electron chi connectivity index (χ0n) is 9.19. The Morgan fingerprint density at radius 1 is 1.00 bits per heavy atom. The highest BCUT2D eigenvalue weighted by Crippen LogP contribution is 2.38. The Balaban J connectivity index is 1.97. The highest BCUT2D eigenvalue weighted by Gasteiger charge is 2.24. The van der Waals surface area contributed by atoms with Crippen LogP contribution >= 0.6 is 23.5 Å². The predicted molar refractivity (Wildman–Crippen MR) is 71.9 cm³/mol. The van der Waals surface area contributed by atoms with Crippen LogP contribution in [0.1, 0.15) is 25.7 Å². The minimum Gasteiger partial charge on any atom is -0.161 e. The average molecular weight is 238 g/mol. The summed E-state index contributed by atoms with van der Waals surface area (Å²) >= 11 is 4.13. The fourth-order valence-corrected chi connectivity index (χ4v) is 4.72. The first kappa shape index (κ1) is 11.4. The molecule has 1 fully saturated rings. The van der Waals surface area contributed by atoms with E-state index in [1.807, 2.05) is 0 Å². The van der Waals surface area contributed by atoms with Gasteiger partial charge >= 0.3 is 0 Å². The molecular weight excluding hydrogens is 220 g/mol. The second-order valence-corrected chi connectivity index (χ2v) is 6.42. The van der Waals surface area contributed by atoms with E-state index in [1.54, 1.807) is 0 Å². The third kappa shape index (κ3) is 3.18. The standard InChI is InChI=1S/C13H18S2/c1-14-12-9-5-6-10-13(12)15-11-7-3-2-4-8-11/h2-4,7-8,12-13H,5-6,9-10H2,1H3. The molecule has 82 valence electrons. The topological polar surface area (TPSA) is 0 Å². The minimum absolute atomic E-state index is 0.830. The van der Waals surface area contributed by atoms with Crippen LogP contribution in [0.4, 0.5) is 0 Å². The van der Waals surface area contributed by atoms with Crippen molar-refractivity contribution in [3.05, 3.63) is 30.3 Å². The lowest BCUT2D eigenvalue weighted by molar-refractivity contribution is 0.528. The van der Waals surface area contributed by atoms with Crippen molar-refractivity contribution >= 4 is 23.5 Å². The summed E-state index contributed by atoms with van der Waals surface area (Å²) in [6.07, 6.45) is 7.91. The molecule has 2 rings (SSSR count). The molecule has 1 aliphatic carbocycles. The summed E-state index contributed by atoms with van der Waals surface area (Å²) in [5.41, 5.74) is 0. The first-order valence-electron chi connectivity index (χ1n) is 5.64. The molecule has 0 radical (unpaired) electrons. The molecule has 0 aromatic heterocycles. The van der Waals surface area contributed by atoms with E-state index in [4.69, 9.17) is 0 Å². The number of benzene rings is 1. The lowest BCUT2D eigenvalue weighted by Gasteiger charge is -2.29. The number of hydrogen-bond acceptors (Lipinski definition) is 2. The number of hydrogen-bond donors (Lipinski definition) is 0. The van der Waals surface area contributed by atoms with Crippen molar-refractivity contribution in [2.45, 2.75) is 41.1 Å². The summed E-state index contributed by atoms with van der Waals surface area (Å²) in [4.78, 5) is 1.43. The van der Waals surface area contributed by atoms with Gasteiger partial charge in [-0.3, -0.25) is 0 Å². The van der Waals surface area contributed by atoms with Crippen LogP contribution < -0.4 is 0 Å². The molecule has 0 N–H and O–H groups in total. The fourth-order valence-electron chi connectivity index (χ4n) is 2.14. The van der Waals surface area contributed by atoms with Gasteiger partial charge in [-0.2, -0.15) is 11.8 Å². The molecule has 1 aromatic rings. The quantitative estimate of drug-likeness (QED) is 0.763. The van der Waals surface area contributed by atoms with Crippen molar-refractivity contribution in [3.8, 4) is 0 Å². The molecule has 15 heavy (non-hydrogen) atoms. The van der Waals surface area contributed by atoms with Gasteiger partial charge in [0, 0.05) is 15.4 Å². The molecule has 2 heteroatoms. The molecule has 0 nitrogen and oxygen atoms in total.